The average molecular weight is 272 g/mol. The summed E-state index contributed by atoms with van der Waals surface area (Å²) < 4.78 is 5.67. The summed E-state index contributed by atoms with van der Waals surface area (Å²) in [4.78, 5) is 2.24. The maximum absolute atomic E-state index is 5.67. The Labute approximate surface area is 121 Å². The Morgan fingerprint density at radius 1 is 1.20 bits per heavy atom. The number of nitrogens with zero attached hydrogens (tertiary/aromatic N) is 1. The lowest BCUT2D eigenvalue weighted by Crippen LogP contribution is -2.22. The zero-order valence-electron chi connectivity index (χ0n) is 12.8. The Balaban J connectivity index is 2.23. The van der Waals surface area contributed by atoms with E-state index < -0.39 is 0 Å². The highest BCUT2D eigenvalue weighted by molar-refractivity contribution is 5.54. The van der Waals surface area contributed by atoms with Crippen LogP contribution in [-0.2, 0) is 6.54 Å². The van der Waals surface area contributed by atoms with Gasteiger partial charge in [0.15, 0.2) is 0 Å². The van der Waals surface area contributed by atoms with Crippen molar-refractivity contribution in [3.05, 3.63) is 53.5 Å². The number of nitrogens with one attached hydrogen (secondary N) is 1. The van der Waals surface area contributed by atoms with Crippen LogP contribution in [0.4, 0.5) is 5.69 Å². The number of para-hydroxylation sites is 1. The number of hydrogen-bond donors (Lipinski definition) is 1. The van der Waals surface area contributed by atoms with Crippen molar-refractivity contribution < 1.29 is 4.42 Å². The fourth-order valence-electron chi connectivity index (χ4n) is 2.60. The molecule has 3 heteroatoms. The summed E-state index contributed by atoms with van der Waals surface area (Å²) in [5.74, 6) is 1.96. The second-order valence-corrected chi connectivity index (χ2v) is 5.18. The van der Waals surface area contributed by atoms with Gasteiger partial charge in [-0.05, 0) is 44.2 Å². The molecular formula is C17H24N2O. The Morgan fingerprint density at radius 2 is 1.95 bits per heavy atom. The van der Waals surface area contributed by atoms with Crippen LogP contribution in [0.25, 0.3) is 0 Å². The van der Waals surface area contributed by atoms with Crippen LogP contribution in [-0.4, -0.2) is 14.1 Å². The number of furan rings is 1. The molecule has 0 aliphatic rings. The predicted octanol–water partition coefficient (Wildman–Crippen LogP) is 3.89. The van der Waals surface area contributed by atoms with Gasteiger partial charge in [0.2, 0.25) is 0 Å². The van der Waals surface area contributed by atoms with Gasteiger partial charge in [0.1, 0.15) is 11.5 Å². The standard InChI is InChI=1S/C17H24N2O/c1-5-16(18-3)15-8-6-7-9-17(15)19(4)12-14-11-10-13(2)20-14/h6-11,16,18H,5,12H2,1-4H3. The molecule has 108 valence electrons. The summed E-state index contributed by atoms with van der Waals surface area (Å²) in [6.07, 6.45) is 1.07. The molecule has 0 spiro atoms. The molecule has 0 saturated heterocycles. The van der Waals surface area contributed by atoms with E-state index in [0.29, 0.717) is 6.04 Å². The number of aryl methyl sites for hydroxylation is 1. The van der Waals surface area contributed by atoms with Crippen molar-refractivity contribution in [1.29, 1.82) is 0 Å². The first kappa shape index (κ1) is 14.7. The van der Waals surface area contributed by atoms with Gasteiger partial charge in [0.05, 0.1) is 6.54 Å². The zero-order chi connectivity index (χ0) is 14.5. The largest absolute Gasteiger partial charge is 0.464 e. The molecule has 1 unspecified atom stereocenters. The minimum absolute atomic E-state index is 0.381. The quantitative estimate of drug-likeness (QED) is 0.864. The molecule has 1 aromatic carbocycles. The van der Waals surface area contributed by atoms with Crippen LogP contribution in [0.5, 0.6) is 0 Å². The second-order valence-electron chi connectivity index (χ2n) is 5.18. The lowest BCUT2D eigenvalue weighted by molar-refractivity contribution is 0.481. The van der Waals surface area contributed by atoms with E-state index in [9.17, 15) is 0 Å². The normalized spacial score (nSPS) is 12.4. The first-order valence-electron chi connectivity index (χ1n) is 7.18. The molecular weight excluding hydrogens is 248 g/mol. The first-order chi connectivity index (χ1) is 9.65. The fourth-order valence-corrected chi connectivity index (χ4v) is 2.60. The molecule has 2 rings (SSSR count). The number of hydrogen-bond acceptors (Lipinski definition) is 3. The van der Waals surface area contributed by atoms with Gasteiger partial charge in [-0.15, -0.1) is 0 Å². The summed E-state index contributed by atoms with van der Waals surface area (Å²) in [6, 6.07) is 13.0. The Kier molecular flexibility index (Phi) is 4.85. The Bertz CT molecular complexity index is 543. The molecule has 0 radical (unpaired) electrons. The minimum atomic E-state index is 0.381. The highest BCUT2D eigenvalue weighted by atomic mass is 16.3. The molecule has 20 heavy (non-hydrogen) atoms. The SMILES string of the molecule is CCC(NC)c1ccccc1N(C)Cc1ccc(C)o1. The van der Waals surface area contributed by atoms with Crippen molar-refractivity contribution in [1.82, 2.24) is 5.32 Å². The van der Waals surface area contributed by atoms with Crippen LogP contribution in [0.3, 0.4) is 0 Å². The smallest absolute Gasteiger partial charge is 0.123 e. The molecule has 1 atom stereocenters. The molecule has 0 fully saturated rings. The highest BCUT2D eigenvalue weighted by Gasteiger charge is 2.14. The van der Waals surface area contributed by atoms with Gasteiger partial charge in [-0.3, -0.25) is 0 Å². The minimum Gasteiger partial charge on any atom is -0.464 e. The van der Waals surface area contributed by atoms with Gasteiger partial charge < -0.3 is 14.6 Å². The molecule has 3 nitrogen and oxygen atoms in total. The molecule has 2 aromatic rings. The summed E-state index contributed by atoms with van der Waals surface area (Å²) >= 11 is 0. The Morgan fingerprint density at radius 3 is 2.55 bits per heavy atom. The lowest BCUT2D eigenvalue weighted by Gasteiger charge is -2.25. The topological polar surface area (TPSA) is 28.4 Å². The Hall–Kier alpha value is -1.74. The lowest BCUT2D eigenvalue weighted by atomic mass is 10.0. The van der Waals surface area contributed by atoms with E-state index in [1.54, 1.807) is 0 Å². The first-order valence-corrected chi connectivity index (χ1v) is 7.18. The van der Waals surface area contributed by atoms with E-state index in [-0.39, 0.29) is 0 Å². The third-order valence-corrected chi connectivity index (χ3v) is 3.67. The van der Waals surface area contributed by atoms with Crippen molar-refractivity contribution in [3.8, 4) is 0 Å². The van der Waals surface area contributed by atoms with Crippen molar-refractivity contribution in [3.63, 3.8) is 0 Å². The van der Waals surface area contributed by atoms with Gasteiger partial charge in [-0.2, -0.15) is 0 Å². The molecule has 1 heterocycles. The monoisotopic (exact) mass is 272 g/mol. The van der Waals surface area contributed by atoms with Crippen LogP contribution in [0.2, 0.25) is 0 Å². The third-order valence-electron chi connectivity index (χ3n) is 3.67. The van der Waals surface area contributed by atoms with Crippen LogP contribution in [0.15, 0.2) is 40.8 Å². The predicted molar refractivity (Wildman–Crippen MR) is 84.1 cm³/mol. The molecule has 1 N–H and O–H groups in total. The third kappa shape index (κ3) is 3.23. The molecule has 0 aliphatic carbocycles. The van der Waals surface area contributed by atoms with Crippen molar-refractivity contribution in [2.24, 2.45) is 0 Å². The van der Waals surface area contributed by atoms with E-state index in [1.165, 1.54) is 11.3 Å². The number of benzene rings is 1. The van der Waals surface area contributed by atoms with Crippen LogP contribution >= 0.6 is 0 Å². The highest BCUT2D eigenvalue weighted by Crippen LogP contribution is 2.28. The summed E-state index contributed by atoms with van der Waals surface area (Å²) in [5, 5.41) is 3.38. The maximum Gasteiger partial charge on any atom is 0.123 e. The second kappa shape index (κ2) is 6.62. The van der Waals surface area contributed by atoms with Gasteiger partial charge in [-0.1, -0.05) is 25.1 Å². The van der Waals surface area contributed by atoms with Gasteiger partial charge in [0.25, 0.3) is 0 Å². The van der Waals surface area contributed by atoms with Crippen molar-refractivity contribution in [2.45, 2.75) is 32.9 Å². The molecule has 1 aromatic heterocycles. The molecule has 0 aliphatic heterocycles. The summed E-state index contributed by atoms with van der Waals surface area (Å²) in [5.41, 5.74) is 2.59. The molecule has 0 amide bonds. The maximum atomic E-state index is 5.67. The zero-order valence-corrected chi connectivity index (χ0v) is 12.8. The van der Waals surface area contributed by atoms with Crippen molar-refractivity contribution in [2.75, 3.05) is 19.0 Å². The van der Waals surface area contributed by atoms with E-state index in [2.05, 4.69) is 48.5 Å². The molecule has 0 bridgehead atoms. The van der Waals surface area contributed by atoms with E-state index in [1.807, 2.05) is 26.1 Å². The summed E-state index contributed by atoms with van der Waals surface area (Å²) in [6.45, 7) is 4.96. The van der Waals surface area contributed by atoms with Crippen LogP contribution in [0, 0.1) is 6.92 Å². The van der Waals surface area contributed by atoms with E-state index in [0.717, 1.165) is 24.5 Å². The average Bonchev–Trinajstić information content (AvgIpc) is 2.86. The number of anilines is 1. The van der Waals surface area contributed by atoms with Crippen LogP contribution in [0.1, 0.15) is 36.5 Å². The number of rotatable bonds is 6. The van der Waals surface area contributed by atoms with E-state index >= 15 is 0 Å². The van der Waals surface area contributed by atoms with Gasteiger partial charge in [-0.25, -0.2) is 0 Å². The van der Waals surface area contributed by atoms with Crippen LogP contribution < -0.4 is 10.2 Å². The van der Waals surface area contributed by atoms with Gasteiger partial charge >= 0.3 is 0 Å². The fraction of sp³-hybridized carbons (Fsp3) is 0.412. The molecule has 0 saturated carbocycles. The van der Waals surface area contributed by atoms with E-state index in [4.69, 9.17) is 4.42 Å². The van der Waals surface area contributed by atoms with Crippen molar-refractivity contribution >= 4 is 5.69 Å². The summed E-state index contributed by atoms with van der Waals surface area (Å²) in [7, 11) is 4.12. The van der Waals surface area contributed by atoms with Gasteiger partial charge in [0, 0.05) is 18.8 Å².